The predicted octanol–water partition coefficient (Wildman–Crippen LogP) is 2.48. The van der Waals surface area contributed by atoms with Crippen molar-refractivity contribution in [1.29, 1.82) is 5.26 Å². The second-order valence-electron chi connectivity index (χ2n) is 5.37. The van der Waals surface area contributed by atoms with Crippen molar-refractivity contribution in [2.75, 3.05) is 6.54 Å². The Morgan fingerprint density at radius 1 is 1.42 bits per heavy atom. The molecule has 1 aromatic carbocycles. The van der Waals surface area contributed by atoms with Crippen molar-refractivity contribution >= 4 is 22.9 Å². The number of nitriles is 1. The number of benzene rings is 1. The zero-order chi connectivity index (χ0) is 16.8. The minimum atomic E-state index is -0.353. The average Bonchev–Trinajstić information content (AvgIpc) is 3.26. The van der Waals surface area contributed by atoms with E-state index < -0.39 is 0 Å². The van der Waals surface area contributed by atoms with Gasteiger partial charge in [-0.2, -0.15) is 5.26 Å². The van der Waals surface area contributed by atoms with Crippen LogP contribution >= 0.6 is 0 Å². The van der Waals surface area contributed by atoms with Gasteiger partial charge in [0.25, 0.3) is 5.91 Å². The first kappa shape index (κ1) is 15.6. The lowest BCUT2D eigenvalue weighted by atomic mass is 10.1. The van der Waals surface area contributed by atoms with Crippen molar-refractivity contribution in [1.82, 2.24) is 19.9 Å². The van der Waals surface area contributed by atoms with Crippen molar-refractivity contribution in [2.45, 2.75) is 13.0 Å². The van der Waals surface area contributed by atoms with Crippen LogP contribution in [0.3, 0.4) is 0 Å². The van der Waals surface area contributed by atoms with Crippen LogP contribution in [-0.2, 0) is 11.3 Å². The van der Waals surface area contributed by atoms with Gasteiger partial charge in [0.15, 0.2) is 0 Å². The lowest BCUT2D eigenvalue weighted by Crippen LogP contribution is -2.26. The lowest BCUT2D eigenvalue weighted by molar-refractivity contribution is -0.117. The third kappa shape index (κ3) is 3.52. The van der Waals surface area contributed by atoms with Gasteiger partial charge in [-0.3, -0.25) is 4.79 Å². The highest BCUT2D eigenvalue weighted by molar-refractivity contribution is 6.03. The molecule has 0 saturated heterocycles. The van der Waals surface area contributed by atoms with Crippen LogP contribution in [0.25, 0.3) is 17.0 Å². The molecular formula is C18H17N5O. The number of amides is 1. The standard InChI is InChI=1S/C18H17N5O/c19-11-14(10-15-12-22-17-5-2-1-4-16(15)17)18(24)21-6-3-8-23-9-7-20-13-23/h1-2,4-5,7,9-10,12-13,22H,3,6,8H2,(H,21,24)/b14-10+. The number of H-pyrrole nitrogens is 1. The maximum Gasteiger partial charge on any atom is 0.261 e. The Kier molecular flexibility index (Phi) is 4.73. The monoisotopic (exact) mass is 319 g/mol. The van der Waals surface area contributed by atoms with Crippen LogP contribution in [0.5, 0.6) is 0 Å². The van der Waals surface area contributed by atoms with Gasteiger partial charge in [0, 0.05) is 48.1 Å². The third-order valence-electron chi connectivity index (χ3n) is 3.72. The number of carbonyl (C=O) groups excluding carboxylic acids is 1. The molecule has 0 atom stereocenters. The molecule has 2 heterocycles. The molecule has 0 saturated carbocycles. The summed E-state index contributed by atoms with van der Waals surface area (Å²) in [6.07, 6.45) is 9.52. The zero-order valence-electron chi connectivity index (χ0n) is 13.1. The molecule has 6 heteroatoms. The molecule has 2 N–H and O–H groups in total. The number of aromatic amines is 1. The smallest absolute Gasteiger partial charge is 0.261 e. The SMILES string of the molecule is N#C/C(=C\c1c[nH]c2ccccc12)C(=O)NCCCn1ccnc1. The van der Waals surface area contributed by atoms with Gasteiger partial charge in [-0.05, 0) is 18.6 Å². The van der Waals surface area contributed by atoms with Gasteiger partial charge in [0.1, 0.15) is 11.6 Å². The number of fused-ring (bicyclic) bond motifs is 1. The van der Waals surface area contributed by atoms with Gasteiger partial charge >= 0.3 is 0 Å². The fourth-order valence-corrected chi connectivity index (χ4v) is 2.50. The number of nitrogens with one attached hydrogen (secondary N) is 2. The number of hydrogen-bond donors (Lipinski definition) is 2. The summed E-state index contributed by atoms with van der Waals surface area (Å²) in [4.78, 5) is 19.3. The first-order valence-electron chi connectivity index (χ1n) is 7.70. The summed E-state index contributed by atoms with van der Waals surface area (Å²) in [6, 6.07) is 9.75. The highest BCUT2D eigenvalue weighted by Gasteiger charge is 2.10. The Labute approximate surface area is 139 Å². The number of carbonyl (C=O) groups is 1. The van der Waals surface area contributed by atoms with E-state index in [2.05, 4.69) is 15.3 Å². The highest BCUT2D eigenvalue weighted by Crippen LogP contribution is 2.20. The van der Waals surface area contributed by atoms with Crippen LogP contribution in [0.1, 0.15) is 12.0 Å². The first-order chi connectivity index (χ1) is 11.8. The van der Waals surface area contributed by atoms with E-state index in [4.69, 9.17) is 0 Å². The van der Waals surface area contributed by atoms with E-state index in [0.717, 1.165) is 29.4 Å². The molecule has 0 unspecified atom stereocenters. The van der Waals surface area contributed by atoms with Crippen molar-refractivity contribution in [3.63, 3.8) is 0 Å². The average molecular weight is 319 g/mol. The number of hydrogen-bond acceptors (Lipinski definition) is 3. The summed E-state index contributed by atoms with van der Waals surface area (Å²) < 4.78 is 1.94. The first-order valence-corrected chi connectivity index (χ1v) is 7.70. The molecule has 0 aliphatic rings. The number of aryl methyl sites for hydroxylation is 1. The van der Waals surface area contributed by atoms with Gasteiger partial charge in [-0.15, -0.1) is 0 Å². The Bertz CT molecular complexity index is 899. The number of aromatic nitrogens is 3. The quantitative estimate of drug-likeness (QED) is 0.416. The van der Waals surface area contributed by atoms with E-state index in [1.807, 2.05) is 41.1 Å². The fourth-order valence-electron chi connectivity index (χ4n) is 2.50. The van der Waals surface area contributed by atoms with Crippen molar-refractivity contribution in [2.24, 2.45) is 0 Å². The second-order valence-corrected chi connectivity index (χ2v) is 5.37. The molecule has 6 nitrogen and oxygen atoms in total. The van der Waals surface area contributed by atoms with Crippen LogP contribution in [0.4, 0.5) is 0 Å². The minimum absolute atomic E-state index is 0.0994. The van der Waals surface area contributed by atoms with E-state index >= 15 is 0 Å². The molecule has 0 aliphatic heterocycles. The second kappa shape index (κ2) is 7.29. The number of imidazole rings is 1. The van der Waals surface area contributed by atoms with E-state index in [9.17, 15) is 10.1 Å². The molecule has 0 radical (unpaired) electrons. The van der Waals surface area contributed by atoms with Crippen molar-refractivity contribution < 1.29 is 4.79 Å². The van der Waals surface area contributed by atoms with Crippen LogP contribution in [0, 0.1) is 11.3 Å². The number of nitrogens with zero attached hydrogens (tertiary/aromatic N) is 3. The maximum absolute atomic E-state index is 12.2. The topological polar surface area (TPSA) is 86.5 Å². The summed E-state index contributed by atoms with van der Waals surface area (Å²) in [5.41, 5.74) is 1.90. The molecule has 0 spiro atoms. The summed E-state index contributed by atoms with van der Waals surface area (Å²) in [7, 11) is 0. The Balaban J connectivity index is 1.62. The summed E-state index contributed by atoms with van der Waals surface area (Å²) in [5.74, 6) is -0.353. The Morgan fingerprint density at radius 2 is 2.29 bits per heavy atom. The minimum Gasteiger partial charge on any atom is -0.361 e. The van der Waals surface area contributed by atoms with E-state index in [-0.39, 0.29) is 11.5 Å². The number of para-hydroxylation sites is 1. The summed E-state index contributed by atoms with van der Waals surface area (Å²) in [6.45, 7) is 1.28. The largest absolute Gasteiger partial charge is 0.361 e. The van der Waals surface area contributed by atoms with Gasteiger partial charge in [-0.25, -0.2) is 4.98 Å². The lowest BCUT2D eigenvalue weighted by Gasteiger charge is -2.05. The van der Waals surface area contributed by atoms with Gasteiger partial charge in [-0.1, -0.05) is 18.2 Å². The molecule has 1 amide bonds. The number of rotatable bonds is 6. The van der Waals surface area contributed by atoms with Crippen molar-refractivity contribution in [3.05, 3.63) is 60.3 Å². The predicted molar refractivity (Wildman–Crippen MR) is 91.7 cm³/mol. The van der Waals surface area contributed by atoms with E-state index in [1.54, 1.807) is 24.8 Å². The van der Waals surface area contributed by atoms with Crippen molar-refractivity contribution in [3.8, 4) is 6.07 Å². The molecule has 2 aromatic heterocycles. The highest BCUT2D eigenvalue weighted by atomic mass is 16.1. The molecular weight excluding hydrogens is 302 g/mol. The molecule has 0 fully saturated rings. The van der Waals surface area contributed by atoms with Crippen LogP contribution in [0.15, 0.2) is 54.8 Å². The normalized spacial score (nSPS) is 11.4. The summed E-state index contributed by atoms with van der Waals surface area (Å²) in [5, 5.41) is 13.0. The third-order valence-corrected chi connectivity index (χ3v) is 3.72. The maximum atomic E-state index is 12.2. The fraction of sp³-hybridized carbons (Fsp3) is 0.167. The van der Waals surface area contributed by atoms with Gasteiger partial charge < -0.3 is 14.9 Å². The molecule has 3 rings (SSSR count). The molecule has 0 aliphatic carbocycles. The van der Waals surface area contributed by atoms with Gasteiger partial charge in [0.2, 0.25) is 0 Å². The van der Waals surface area contributed by atoms with E-state index in [1.165, 1.54) is 0 Å². The van der Waals surface area contributed by atoms with Crippen LogP contribution < -0.4 is 5.32 Å². The van der Waals surface area contributed by atoms with Crippen LogP contribution in [0.2, 0.25) is 0 Å². The molecule has 3 aromatic rings. The van der Waals surface area contributed by atoms with E-state index in [0.29, 0.717) is 6.54 Å². The Hall–Kier alpha value is -3.33. The Morgan fingerprint density at radius 3 is 3.08 bits per heavy atom. The molecule has 0 bridgehead atoms. The molecule has 24 heavy (non-hydrogen) atoms. The molecule has 120 valence electrons. The zero-order valence-corrected chi connectivity index (χ0v) is 13.1. The summed E-state index contributed by atoms with van der Waals surface area (Å²) >= 11 is 0. The van der Waals surface area contributed by atoms with Gasteiger partial charge in [0.05, 0.1) is 6.33 Å². The van der Waals surface area contributed by atoms with Crippen LogP contribution in [-0.4, -0.2) is 27.0 Å².